The van der Waals surface area contributed by atoms with Crippen LogP contribution < -0.4 is 11.3 Å². The number of hydrogen-bond donors (Lipinski definition) is 2. The highest BCUT2D eigenvalue weighted by Crippen LogP contribution is 2.33. The molecule has 1 unspecified atom stereocenters. The maximum Gasteiger partial charge on any atom is 0.0900 e. The SMILES string of the molecule is CCCn1ncc(Br)c1C(NN)c1ccc(Cl)cc1Br. The van der Waals surface area contributed by atoms with Gasteiger partial charge in [-0.25, -0.2) is 5.43 Å². The van der Waals surface area contributed by atoms with Crippen molar-refractivity contribution >= 4 is 43.5 Å². The van der Waals surface area contributed by atoms with E-state index in [2.05, 4.69) is 49.3 Å². The van der Waals surface area contributed by atoms with Crippen LogP contribution in [0.25, 0.3) is 0 Å². The molecule has 1 aromatic heterocycles. The zero-order valence-electron chi connectivity index (χ0n) is 10.9. The fraction of sp³-hybridized carbons (Fsp3) is 0.308. The van der Waals surface area contributed by atoms with E-state index in [1.54, 1.807) is 6.20 Å². The average Bonchev–Trinajstić information content (AvgIpc) is 2.75. The topological polar surface area (TPSA) is 55.9 Å². The van der Waals surface area contributed by atoms with Gasteiger partial charge in [0.05, 0.1) is 22.4 Å². The summed E-state index contributed by atoms with van der Waals surface area (Å²) in [4.78, 5) is 0. The Labute approximate surface area is 139 Å². The lowest BCUT2D eigenvalue weighted by atomic mass is 10.0. The van der Waals surface area contributed by atoms with Crippen molar-refractivity contribution in [2.45, 2.75) is 25.9 Å². The molecule has 0 saturated carbocycles. The van der Waals surface area contributed by atoms with E-state index in [0.29, 0.717) is 5.02 Å². The molecule has 108 valence electrons. The third kappa shape index (κ3) is 3.26. The minimum atomic E-state index is -0.176. The van der Waals surface area contributed by atoms with Crippen molar-refractivity contribution in [3.63, 3.8) is 0 Å². The number of nitrogens with one attached hydrogen (secondary N) is 1. The lowest BCUT2D eigenvalue weighted by Crippen LogP contribution is -2.31. The molecule has 0 radical (unpaired) electrons. The lowest BCUT2D eigenvalue weighted by molar-refractivity contribution is 0.519. The predicted molar refractivity (Wildman–Crippen MR) is 88.5 cm³/mol. The third-order valence-corrected chi connectivity index (χ3v) is 4.52. The van der Waals surface area contributed by atoms with E-state index in [9.17, 15) is 0 Å². The Kier molecular flexibility index (Phi) is 5.63. The van der Waals surface area contributed by atoms with Crippen LogP contribution in [0.1, 0.15) is 30.6 Å². The summed E-state index contributed by atoms with van der Waals surface area (Å²) >= 11 is 13.1. The van der Waals surface area contributed by atoms with Gasteiger partial charge in [-0.3, -0.25) is 10.5 Å². The van der Waals surface area contributed by atoms with Crippen LogP contribution >= 0.6 is 43.5 Å². The second kappa shape index (κ2) is 7.04. The van der Waals surface area contributed by atoms with Crippen molar-refractivity contribution < 1.29 is 0 Å². The monoisotopic (exact) mass is 420 g/mol. The molecule has 0 aliphatic carbocycles. The Bertz CT molecular complexity index is 600. The third-order valence-electron chi connectivity index (χ3n) is 2.98. The standard InChI is InChI=1S/C13H15Br2ClN4/c1-2-5-20-13(11(15)7-18-20)12(19-17)9-4-3-8(16)6-10(9)14/h3-4,6-7,12,19H,2,5,17H2,1H3. The number of nitrogens with two attached hydrogens (primary N) is 1. The van der Waals surface area contributed by atoms with Crippen LogP contribution in [-0.2, 0) is 6.54 Å². The summed E-state index contributed by atoms with van der Waals surface area (Å²) in [7, 11) is 0. The van der Waals surface area contributed by atoms with Crippen molar-refractivity contribution in [1.82, 2.24) is 15.2 Å². The largest absolute Gasteiger partial charge is 0.271 e. The second-order valence-electron chi connectivity index (χ2n) is 4.37. The molecule has 0 bridgehead atoms. The molecule has 2 aromatic rings. The molecule has 0 fully saturated rings. The van der Waals surface area contributed by atoms with Gasteiger partial charge in [0.25, 0.3) is 0 Å². The van der Waals surface area contributed by atoms with Gasteiger partial charge in [-0.1, -0.05) is 40.5 Å². The van der Waals surface area contributed by atoms with Crippen molar-refractivity contribution in [3.05, 3.63) is 49.6 Å². The fourth-order valence-electron chi connectivity index (χ4n) is 2.10. The molecular formula is C13H15Br2ClN4. The Morgan fingerprint density at radius 3 is 2.75 bits per heavy atom. The van der Waals surface area contributed by atoms with E-state index in [0.717, 1.165) is 33.2 Å². The molecule has 20 heavy (non-hydrogen) atoms. The molecular weight excluding hydrogens is 407 g/mol. The molecule has 1 aromatic carbocycles. The highest BCUT2D eigenvalue weighted by Gasteiger charge is 2.22. The van der Waals surface area contributed by atoms with E-state index in [1.165, 1.54) is 0 Å². The molecule has 0 aliphatic rings. The van der Waals surface area contributed by atoms with E-state index < -0.39 is 0 Å². The minimum absolute atomic E-state index is 0.176. The first-order valence-corrected chi connectivity index (χ1v) is 8.17. The molecule has 1 heterocycles. The fourth-order valence-corrected chi connectivity index (χ4v) is 3.54. The first-order valence-electron chi connectivity index (χ1n) is 6.20. The summed E-state index contributed by atoms with van der Waals surface area (Å²) in [6.45, 7) is 2.95. The molecule has 3 N–H and O–H groups in total. The predicted octanol–water partition coefficient (Wildman–Crippen LogP) is 4.02. The zero-order valence-corrected chi connectivity index (χ0v) is 14.8. The van der Waals surface area contributed by atoms with Crippen LogP contribution in [0.5, 0.6) is 0 Å². The minimum Gasteiger partial charge on any atom is -0.271 e. The number of hydrogen-bond acceptors (Lipinski definition) is 3. The van der Waals surface area contributed by atoms with Gasteiger partial charge >= 0.3 is 0 Å². The first kappa shape index (κ1) is 16.0. The number of aromatic nitrogens is 2. The van der Waals surface area contributed by atoms with Crippen LogP contribution in [0, 0.1) is 0 Å². The molecule has 0 saturated heterocycles. The molecule has 0 amide bonds. The maximum atomic E-state index is 5.99. The quantitative estimate of drug-likeness (QED) is 0.565. The Morgan fingerprint density at radius 2 is 2.15 bits per heavy atom. The number of nitrogens with zero attached hydrogens (tertiary/aromatic N) is 2. The smallest absolute Gasteiger partial charge is 0.0900 e. The molecule has 4 nitrogen and oxygen atoms in total. The number of benzene rings is 1. The van der Waals surface area contributed by atoms with Crippen LogP contribution in [-0.4, -0.2) is 9.78 Å². The normalized spacial score (nSPS) is 12.7. The lowest BCUT2D eigenvalue weighted by Gasteiger charge is -2.20. The van der Waals surface area contributed by atoms with E-state index in [1.807, 2.05) is 22.9 Å². The Hall–Kier alpha value is -0.400. The van der Waals surface area contributed by atoms with E-state index in [-0.39, 0.29) is 6.04 Å². The second-order valence-corrected chi connectivity index (χ2v) is 6.51. The summed E-state index contributed by atoms with van der Waals surface area (Å²) in [6.07, 6.45) is 2.79. The van der Waals surface area contributed by atoms with Crippen LogP contribution in [0.4, 0.5) is 0 Å². The Morgan fingerprint density at radius 1 is 1.40 bits per heavy atom. The molecule has 0 aliphatic heterocycles. The molecule has 2 rings (SSSR count). The van der Waals surface area contributed by atoms with Gasteiger partial charge in [-0.15, -0.1) is 0 Å². The zero-order chi connectivity index (χ0) is 14.7. The van der Waals surface area contributed by atoms with Crippen molar-refractivity contribution in [2.24, 2.45) is 5.84 Å². The van der Waals surface area contributed by atoms with Gasteiger partial charge in [0, 0.05) is 16.0 Å². The van der Waals surface area contributed by atoms with Gasteiger partial charge in [0.2, 0.25) is 0 Å². The van der Waals surface area contributed by atoms with Gasteiger partial charge < -0.3 is 0 Å². The number of halogens is 3. The summed E-state index contributed by atoms with van der Waals surface area (Å²) < 4.78 is 3.79. The van der Waals surface area contributed by atoms with Crippen LogP contribution in [0.2, 0.25) is 5.02 Å². The van der Waals surface area contributed by atoms with E-state index >= 15 is 0 Å². The summed E-state index contributed by atoms with van der Waals surface area (Å²) in [5.41, 5.74) is 4.86. The summed E-state index contributed by atoms with van der Waals surface area (Å²) in [6, 6.07) is 5.48. The highest BCUT2D eigenvalue weighted by atomic mass is 79.9. The first-order chi connectivity index (χ1) is 9.58. The summed E-state index contributed by atoms with van der Waals surface area (Å²) in [5.74, 6) is 5.77. The number of aryl methyl sites for hydroxylation is 1. The summed E-state index contributed by atoms with van der Waals surface area (Å²) in [5, 5.41) is 5.06. The van der Waals surface area contributed by atoms with E-state index in [4.69, 9.17) is 17.4 Å². The Balaban J connectivity index is 2.49. The van der Waals surface area contributed by atoms with Crippen molar-refractivity contribution in [2.75, 3.05) is 0 Å². The van der Waals surface area contributed by atoms with Gasteiger partial charge in [0.15, 0.2) is 0 Å². The van der Waals surface area contributed by atoms with Gasteiger partial charge in [-0.05, 0) is 40.0 Å². The number of rotatable bonds is 5. The molecule has 0 spiro atoms. The number of hydrazine groups is 1. The van der Waals surface area contributed by atoms with Crippen molar-refractivity contribution in [1.29, 1.82) is 0 Å². The maximum absolute atomic E-state index is 5.99. The molecule has 7 heteroatoms. The van der Waals surface area contributed by atoms with Crippen molar-refractivity contribution in [3.8, 4) is 0 Å². The van der Waals surface area contributed by atoms with Gasteiger partial charge in [-0.2, -0.15) is 5.10 Å². The highest BCUT2D eigenvalue weighted by molar-refractivity contribution is 9.10. The van der Waals surface area contributed by atoms with Crippen LogP contribution in [0.3, 0.4) is 0 Å². The molecule has 1 atom stereocenters. The van der Waals surface area contributed by atoms with Crippen LogP contribution in [0.15, 0.2) is 33.3 Å². The van der Waals surface area contributed by atoms with Gasteiger partial charge in [0.1, 0.15) is 0 Å². The average molecular weight is 423 g/mol.